The maximum Gasteiger partial charge on any atom is 0.222 e. The Balaban J connectivity index is 1.96. The van der Waals surface area contributed by atoms with Gasteiger partial charge < -0.3 is 14.8 Å². The fourth-order valence-corrected chi connectivity index (χ4v) is 2.24. The molecule has 1 fully saturated rings. The summed E-state index contributed by atoms with van der Waals surface area (Å²) in [5.74, 6) is 2.48. The molecule has 1 aliphatic rings. The molecule has 0 radical (unpaired) electrons. The Bertz CT molecular complexity index is 278. The van der Waals surface area contributed by atoms with Crippen molar-refractivity contribution >= 4 is 5.91 Å². The first-order chi connectivity index (χ1) is 9.33. The van der Waals surface area contributed by atoms with Crippen molar-refractivity contribution in [2.24, 2.45) is 0 Å². The van der Waals surface area contributed by atoms with E-state index in [0.29, 0.717) is 38.9 Å². The largest absolute Gasteiger partial charge is 0.379 e. The summed E-state index contributed by atoms with van der Waals surface area (Å²) in [6.45, 7) is 1.72. The lowest BCUT2D eigenvalue weighted by Gasteiger charge is -2.16. The molecule has 0 aromatic carbocycles. The third-order valence-corrected chi connectivity index (χ3v) is 3.25. The van der Waals surface area contributed by atoms with Crippen molar-refractivity contribution in [3.05, 3.63) is 0 Å². The average Bonchev–Trinajstić information content (AvgIpc) is 2.66. The highest BCUT2D eigenvalue weighted by Gasteiger charge is 2.14. The first kappa shape index (κ1) is 16.0. The SMILES string of the molecule is C#CCOCCOCCC(=O)NC1CCCCCC1. The molecule has 0 aromatic rings. The van der Waals surface area contributed by atoms with Gasteiger partial charge in [-0.3, -0.25) is 4.79 Å². The minimum atomic E-state index is 0.0939. The van der Waals surface area contributed by atoms with E-state index in [9.17, 15) is 4.79 Å². The van der Waals surface area contributed by atoms with Gasteiger partial charge in [-0.2, -0.15) is 0 Å². The summed E-state index contributed by atoms with van der Waals surface area (Å²) in [6.07, 6.45) is 12.8. The second kappa shape index (κ2) is 10.8. The van der Waals surface area contributed by atoms with Gasteiger partial charge in [0.25, 0.3) is 0 Å². The molecule has 0 saturated heterocycles. The average molecular weight is 267 g/mol. The molecule has 0 aromatic heterocycles. The van der Waals surface area contributed by atoms with E-state index in [-0.39, 0.29) is 5.91 Å². The van der Waals surface area contributed by atoms with Crippen LogP contribution in [0, 0.1) is 12.3 Å². The molecule has 1 rings (SSSR count). The van der Waals surface area contributed by atoms with Crippen LogP contribution in [0.25, 0.3) is 0 Å². The molecule has 4 nitrogen and oxygen atoms in total. The van der Waals surface area contributed by atoms with E-state index < -0.39 is 0 Å². The van der Waals surface area contributed by atoms with Gasteiger partial charge in [-0.05, 0) is 12.8 Å². The molecule has 1 aliphatic carbocycles. The van der Waals surface area contributed by atoms with E-state index in [2.05, 4.69) is 11.2 Å². The summed E-state index contributed by atoms with van der Waals surface area (Å²) in [6, 6.07) is 0.369. The smallest absolute Gasteiger partial charge is 0.222 e. The first-order valence-corrected chi connectivity index (χ1v) is 7.21. The predicted octanol–water partition coefficient (Wildman–Crippen LogP) is 1.88. The van der Waals surface area contributed by atoms with Crippen molar-refractivity contribution in [2.45, 2.75) is 51.0 Å². The fraction of sp³-hybridized carbons (Fsp3) is 0.800. The van der Waals surface area contributed by atoms with E-state index in [0.717, 1.165) is 12.8 Å². The minimum absolute atomic E-state index is 0.0939. The Morgan fingerprint density at radius 2 is 1.79 bits per heavy atom. The van der Waals surface area contributed by atoms with Gasteiger partial charge in [0.15, 0.2) is 0 Å². The molecule has 4 heteroatoms. The Labute approximate surface area is 116 Å². The Morgan fingerprint density at radius 3 is 2.47 bits per heavy atom. The zero-order valence-electron chi connectivity index (χ0n) is 11.7. The summed E-state index contributed by atoms with van der Waals surface area (Å²) < 4.78 is 10.4. The van der Waals surface area contributed by atoms with Crippen LogP contribution < -0.4 is 5.32 Å². The molecule has 0 atom stereocenters. The van der Waals surface area contributed by atoms with Crippen LogP contribution in [-0.2, 0) is 14.3 Å². The van der Waals surface area contributed by atoms with E-state index in [1.807, 2.05) is 0 Å². The summed E-state index contributed by atoms with van der Waals surface area (Å²) in [4.78, 5) is 11.7. The van der Waals surface area contributed by atoms with Crippen LogP contribution in [0.15, 0.2) is 0 Å². The Hall–Kier alpha value is -1.05. The molecule has 0 spiro atoms. The molecule has 108 valence electrons. The third kappa shape index (κ3) is 8.63. The summed E-state index contributed by atoms with van der Waals surface area (Å²) >= 11 is 0. The van der Waals surface area contributed by atoms with Gasteiger partial charge in [0.1, 0.15) is 6.61 Å². The number of rotatable bonds is 8. The lowest BCUT2D eigenvalue weighted by Crippen LogP contribution is -2.34. The summed E-state index contributed by atoms with van der Waals surface area (Å²) in [7, 11) is 0. The molecule has 19 heavy (non-hydrogen) atoms. The number of hydrogen-bond donors (Lipinski definition) is 1. The third-order valence-electron chi connectivity index (χ3n) is 3.25. The van der Waals surface area contributed by atoms with Crippen LogP contribution in [0.5, 0.6) is 0 Å². The molecule has 1 amide bonds. The van der Waals surface area contributed by atoms with E-state index >= 15 is 0 Å². The number of carbonyl (C=O) groups is 1. The molecule has 1 saturated carbocycles. The lowest BCUT2D eigenvalue weighted by molar-refractivity contribution is -0.123. The van der Waals surface area contributed by atoms with E-state index in [1.165, 1.54) is 25.7 Å². The quantitative estimate of drug-likeness (QED) is 0.415. The highest BCUT2D eigenvalue weighted by atomic mass is 16.5. The molecular weight excluding hydrogens is 242 g/mol. The lowest BCUT2D eigenvalue weighted by atomic mass is 10.1. The van der Waals surface area contributed by atoms with Gasteiger partial charge in [-0.1, -0.05) is 31.6 Å². The second-order valence-corrected chi connectivity index (χ2v) is 4.88. The standard InChI is InChI=1S/C15H25NO3/c1-2-10-18-12-13-19-11-9-15(17)16-14-7-5-3-4-6-8-14/h1,14H,3-13H2,(H,16,17). The van der Waals surface area contributed by atoms with Crippen LogP contribution in [0.2, 0.25) is 0 Å². The van der Waals surface area contributed by atoms with E-state index in [1.54, 1.807) is 0 Å². The van der Waals surface area contributed by atoms with Gasteiger partial charge in [-0.25, -0.2) is 0 Å². The molecule has 0 heterocycles. The normalized spacial score (nSPS) is 16.6. The number of hydrogen-bond acceptors (Lipinski definition) is 3. The predicted molar refractivity (Wildman–Crippen MR) is 74.7 cm³/mol. The van der Waals surface area contributed by atoms with Crippen molar-refractivity contribution in [3.63, 3.8) is 0 Å². The fourth-order valence-electron chi connectivity index (χ4n) is 2.24. The number of carbonyl (C=O) groups excluding carboxylic acids is 1. The summed E-state index contributed by atoms with van der Waals surface area (Å²) in [5, 5.41) is 3.09. The highest BCUT2D eigenvalue weighted by molar-refractivity contribution is 5.76. The zero-order chi connectivity index (χ0) is 13.8. The molecule has 0 bridgehead atoms. The molecular formula is C15H25NO3. The van der Waals surface area contributed by atoms with Crippen LogP contribution in [0.1, 0.15) is 44.9 Å². The highest BCUT2D eigenvalue weighted by Crippen LogP contribution is 2.17. The second-order valence-electron chi connectivity index (χ2n) is 4.88. The topological polar surface area (TPSA) is 47.6 Å². The molecule has 0 aliphatic heterocycles. The van der Waals surface area contributed by atoms with Gasteiger partial charge in [0, 0.05) is 12.5 Å². The van der Waals surface area contributed by atoms with E-state index in [4.69, 9.17) is 15.9 Å². The van der Waals surface area contributed by atoms with Gasteiger partial charge in [-0.15, -0.1) is 6.42 Å². The number of terminal acetylenes is 1. The van der Waals surface area contributed by atoms with Crippen molar-refractivity contribution in [3.8, 4) is 12.3 Å². The van der Waals surface area contributed by atoms with Crippen LogP contribution in [0.4, 0.5) is 0 Å². The number of ether oxygens (including phenoxy) is 2. The Morgan fingerprint density at radius 1 is 1.11 bits per heavy atom. The van der Waals surface area contributed by atoms with Crippen LogP contribution >= 0.6 is 0 Å². The Kier molecular flexibility index (Phi) is 9.13. The first-order valence-electron chi connectivity index (χ1n) is 7.21. The monoisotopic (exact) mass is 267 g/mol. The zero-order valence-corrected chi connectivity index (χ0v) is 11.7. The maximum atomic E-state index is 11.7. The number of amides is 1. The molecule has 0 unspecified atom stereocenters. The van der Waals surface area contributed by atoms with Crippen molar-refractivity contribution in [2.75, 3.05) is 26.4 Å². The van der Waals surface area contributed by atoms with Gasteiger partial charge in [0.2, 0.25) is 5.91 Å². The number of nitrogens with one attached hydrogen (secondary N) is 1. The minimum Gasteiger partial charge on any atom is -0.379 e. The summed E-state index contributed by atoms with van der Waals surface area (Å²) in [5.41, 5.74) is 0. The van der Waals surface area contributed by atoms with Crippen molar-refractivity contribution < 1.29 is 14.3 Å². The van der Waals surface area contributed by atoms with Gasteiger partial charge >= 0.3 is 0 Å². The van der Waals surface area contributed by atoms with Gasteiger partial charge in [0.05, 0.1) is 19.8 Å². The van der Waals surface area contributed by atoms with Crippen molar-refractivity contribution in [1.29, 1.82) is 0 Å². The van der Waals surface area contributed by atoms with Crippen molar-refractivity contribution in [1.82, 2.24) is 5.32 Å². The van der Waals surface area contributed by atoms with Crippen LogP contribution in [0.3, 0.4) is 0 Å². The molecule has 1 N–H and O–H groups in total. The maximum absolute atomic E-state index is 11.7. The van der Waals surface area contributed by atoms with Crippen LogP contribution in [-0.4, -0.2) is 38.4 Å².